The van der Waals surface area contributed by atoms with Crippen LogP contribution >= 0.6 is 23.4 Å². The van der Waals surface area contributed by atoms with Gasteiger partial charge in [-0.2, -0.15) is 16.1 Å². The Bertz CT molecular complexity index is 498. The van der Waals surface area contributed by atoms with Gasteiger partial charge < -0.3 is 0 Å². The Labute approximate surface area is 117 Å². The van der Waals surface area contributed by atoms with Gasteiger partial charge in [-0.25, -0.2) is 13.4 Å². The van der Waals surface area contributed by atoms with Crippen molar-refractivity contribution in [3.63, 3.8) is 0 Å². The largest absolute Gasteiger partial charge is 0.260 e. The van der Waals surface area contributed by atoms with Crippen molar-refractivity contribution in [1.82, 2.24) is 9.29 Å². The number of aromatic nitrogens is 1. The van der Waals surface area contributed by atoms with Gasteiger partial charge in [0.05, 0.1) is 0 Å². The zero-order chi connectivity index (χ0) is 13.2. The zero-order valence-electron chi connectivity index (χ0n) is 10.0. The molecule has 0 saturated carbocycles. The molecule has 2 heterocycles. The van der Waals surface area contributed by atoms with Crippen LogP contribution in [0.4, 0.5) is 0 Å². The van der Waals surface area contributed by atoms with Gasteiger partial charge in [-0.1, -0.05) is 6.07 Å². The summed E-state index contributed by atoms with van der Waals surface area (Å²) in [5.74, 6) is 2.21. The van der Waals surface area contributed by atoms with E-state index in [1.165, 1.54) is 16.6 Å². The standard InChI is InChI=1S/C11H15ClN2O2S2/c1-14(10-4-5-17-8-10)18(15,16)11-3-2-9(6-12)7-13-11/h2-3,7,10H,4-6,8H2,1H3. The van der Waals surface area contributed by atoms with Gasteiger partial charge >= 0.3 is 0 Å². The molecule has 2 rings (SSSR count). The summed E-state index contributed by atoms with van der Waals surface area (Å²) in [7, 11) is -1.85. The first-order chi connectivity index (χ1) is 8.55. The van der Waals surface area contributed by atoms with Crippen LogP contribution in [0, 0.1) is 0 Å². The lowest BCUT2D eigenvalue weighted by Crippen LogP contribution is -2.37. The summed E-state index contributed by atoms with van der Waals surface area (Å²) in [4.78, 5) is 3.99. The predicted octanol–water partition coefficient (Wildman–Crippen LogP) is 1.95. The Kier molecular flexibility index (Phi) is 4.53. The molecule has 4 nitrogen and oxygen atoms in total. The number of hydrogen-bond acceptors (Lipinski definition) is 4. The average Bonchev–Trinajstić information content (AvgIpc) is 2.91. The molecule has 0 aliphatic carbocycles. The Hall–Kier alpha value is -0.300. The fraction of sp³-hybridized carbons (Fsp3) is 0.545. The van der Waals surface area contributed by atoms with Gasteiger partial charge in [-0.3, -0.25) is 0 Å². The summed E-state index contributed by atoms with van der Waals surface area (Å²) in [6, 6.07) is 3.30. The lowest BCUT2D eigenvalue weighted by Gasteiger charge is -2.22. The molecule has 0 spiro atoms. The highest BCUT2D eigenvalue weighted by molar-refractivity contribution is 7.99. The van der Waals surface area contributed by atoms with E-state index in [4.69, 9.17) is 11.6 Å². The first-order valence-corrected chi connectivity index (χ1v) is 8.75. The van der Waals surface area contributed by atoms with Crippen molar-refractivity contribution in [2.24, 2.45) is 0 Å². The molecule has 0 amide bonds. The van der Waals surface area contributed by atoms with Crippen LogP contribution in [-0.4, -0.2) is 42.3 Å². The third kappa shape index (κ3) is 2.82. The van der Waals surface area contributed by atoms with Crippen LogP contribution in [0.25, 0.3) is 0 Å². The maximum atomic E-state index is 12.3. The molecule has 1 aliphatic rings. The third-order valence-corrected chi connectivity index (χ3v) is 6.30. The van der Waals surface area contributed by atoms with Gasteiger partial charge in [0, 0.05) is 30.9 Å². The summed E-state index contributed by atoms with van der Waals surface area (Å²) in [6.07, 6.45) is 2.41. The van der Waals surface area contributed by atoms with Gasteiger partial charge in [-0.15, -0.1) is 11.6 Å². The van der Waals surface area contributed by atoms with E-state index in [2.05, 4.69) is 4.98 Å². The van der Waals surface area contributed by atoms with E-state index in [0.717, 1.165) is 23.5 Å². The number of halogens is 1. The highest BCUT2D eigenvalue weighted by atomic mass is 35.5. The second-order valence-electron chi connectivity index (χ2n) is 4.18. The van der Waals surface area contributed by atoms with Crippen molar-refractivity contribution in [2.45, 2.75) is 23.4 Å². The fourth-order valence-electron chi connectivity index (χ4n) is 1.80. The molecule has 18 heavy (non-hydrogen) atoms. The molecule has 7 heteroatoms. The van der Waals surface area contributed by atoms with Gasteiger partial charge in [0.1, 0.15) is 0 Å². The minimum absolute atomic E-state index is 0.0782. The monoisotopic (exact) mass is 306 g/mol. The summed E-state index contributed by atoms with van der Waals surface area (Å²) in [5.41, 5.74) is 0.815. The topological polar surface area (TPSA) is 50.3 Å². The van der Waals surface area contributed by atoms with Crippen LogP contribution < -0.4 is 0 Å². The van der Waals surface area contributed by atoms with E-state index in [0.29, 0.717) is 5.88 Å². The van der Waals surface area contributed by atoms with Gasteiger partial charge in [-0.05, 0) is 23.8 Å². The van der Waals surface area contributed by atoms with Crippen molar-refractivity contribution >= 4 is 33.4 Å². The van der Waals surface area contributed by atoms with Crippen LogP contribution in [0.2, 0.25) is 0 Å². The minimum atomic E-state index is -3.48. The Morgan fingerprint density at radius 2 is 2.33 bits per heavy atom. The fourth-order valence-corrected chi connectivity index (χ4v) is 4.61. The van der Waals surface area contributed by atoms with Crippen molar-refractivity contribution < 1.29 is 8.42 Å². The van der Waals surface area contributed by atoms with E-state index in [1.807, 2.05) is 0 Å². The third-order valence-electron chi connectivity index (χ3n) is 3.02. The number of pyridine rings is 1. The van der Waals surface area contributed by atoms with Crippen LogP contribution in [0.15, 0.2) is 23.4 Å². The Morgan fingerprint density at radius 1 is 1.56 bits per heavy atom. The van der Waals surface area contributed by atoms with Crippen LogP contribution in [0.5, 0.6) is 0 Å². The second kappa shape index (κ2) is 5.77. The van der Waals surface area contributed by atoms with Crippen LogP contribution in [-0.2, 0) is 15.9 Å². The average molecular weight is 307 g/mol. The first-order valence-electron chi connectivity index (χ1n) is 5.62. The first kappa shape index (κ1) is 14.1. The normalized spacial score (nSPS) is 20.5. The minimum Gasteiger partial charge on any atom is -0.243 e. The predicted molar refractivity (Wildman–Crippen MR) is 74.5 cm³/mol. The molecule has 0 bridgehead atoms. The Morgan fingerprint density at radius 3 is 2.83 bits per heavy atom. The van der Waals surface area contributed by atoms with E-state index in [-0.39, 0.29) is 11.1 Å². The van der Waals surface area contributed by atoms with Gasteiger partial charge in [0.25, 0.3) is 10.0 Å². The molecule has 0 N–H and O–H groups in total. The number of hydrogen-bond donors (Lipinski definition) is 0. The molecule has 1 aromatic rings. The van der Waals surface area contributed by atoms with Gasteiger partial charge in [0.2, 0.25) is 0 Å². The van der Waals surface area contributed by atoms with Crippen molar-refractivity contribution in [3.8, 4) is 0 Å². The second-order valence-corrected chi connectivity index (χ2v) is 7.54. The maximum Gasteiger partial charge on any atom is 0.260 e. The van der Waals surface area contributed by atoms with Crippen molar-refractivity contribution in [1.29, 1.82) is 0 Å². The quantitative estimate of drug-likeness (QED) is 0.798. The van der Waals surface area contributed by atoms with E-state index >= 15 is 0 Å². The number of alkyl halides is 1. The van der Waals surface area contributed by atoms with E-state index in [1.54, 1.807) is 24.9 Å². The number of thioether (sulfide) groups is 1. The summed E-state index contributed by atoms with van der Waals surface area (Å²) >= 11 is 7.44. The molecule has 0 radical (unpaired) electrons. The van der Waals surface area contributed by atoms with Crippen LogP contribution in [0.1, 0.15) is 12.0 Å². The molecular formula is C11H15ClN2O2S2. The molecular weight excluding hydrogens is 292 g/mol. The summed E-state index contributed by atoms with van der Waals surface area (Å²) in [5, 5.41) is 0.0933. The molecule has 1 aromatic heterocycles. The maximum absolute atomic E-state index is 12.3. The number of nitrogens with zero attached hydrogens (tertiary/aromatic N) is 2. The molecule has 1 atom stereocenters. The van der Waals surface area contributed by atoms with E-state index in [9.17, 15) is 8.42 Å². The summed E-state index contributed by atoms with van der Waals surface area (Å²) in [6.45, 7) is 0. The number of sulfonamides is 1. The highest BCUT2D eigenvalue weighted by Crippen LogP contribution is 2.25. The van der Waals surface area contributed by atoms with Crippen LogP contribution in [0.3, 0.4) is 0 Å². The Balaban J connectivity index is 2.23. The van der Waals surface area contributed by atoms with Crippen molar-refractivity contribution in [2.75, 3.05) is 18.6 Å². The molecule has 1 saturated heterocycles. The smallest absolute Gasteiger partial charge is 0.243 e. The van der Waals surface area contributed by atoms with Gasteiger partial charge in [0.15, 0.2) is 5.03 Å². The lowest BCUT2D eigenvalue weighted by atomic mass is 10.3. The highest BCUT2D eigenvalue weighted by Gasteiger charge is 2.31. The summed E-state index contributed by atoms with van der Waals surface area (Å²) < 4.78 is 26.1. The molecule has 100 valence electrons. The molecule has 1 aliphatic heterocycles. The molecule has 1 unspecified atom stereocenters. The lowest BCUT2D eigenvalue weighted by molar-refractivity contribution is 0.393. The number of rotatable bonds is 4. The SMILES string of the molecule is CN(C1CCSC1)S(=O)(=O)c1ccc(CCl)cn1. The molecule has 1 fully saturated rings. The van der Waals surface area contributed by atoms with Crippen molar-refractivity contribution in [3.05, 3.63) is 23.9 Å². The van der Waals surface area contributed by atoms with E-state index < -0.39 is 10.0 Å². The molecule has 0 aromatic carbocycles. The zero-order valence-corrected chi connectivity index (χ0v) is 12.4.